The summed E-state index contributed by atoms with van der Waals surface area (Å²) >= 11 is 0. The van der Waals surface area contributed by atoms with Crippen molar-refractivity contribution in [2.75, 3.05) is 20.3 Å². The molecule has 0 aliphatic carbocycles. The van der Waals surface area contributed by atoms with E-state index in [1.165, 1.54) is 0 Å². The van der Waals surface area contributed by atoms with Gasteiger partial charge in [0.25, 0.3) is 0 Å². The highest BCUT2D eigenvalue weighted by Crippen LogP contribution is 2.27. The Morgan fingerprint density at radius 3 is 2.53 bits per heavy atom. The van der Waals surface area contributed by atoms with Crippen molar-refractivity contribution in [3.63, 3.8) is 0 Å². The van der Waals surface area contributed by atoms with Crippen LogP contribution in [0.4, 0.5) is 0 Å². The predicted molar refractivity (Wildman–Crippen MR) is 71.4 cm³/mol. The zero-order valence-corrected chi connectivity index (χ0v) is 11.1. The third-order valence-corrected chi connectivity index (χ3v) is 3.20. The first-order valence-electron chi connectivity index (χ1n) is 6.28. The molecule has 0 atom stereocenters. The quantitative estimate of drug-likeness (QED) is 0.584. The van der Waals surface area contributed by atoms with Gasteiger partial charge in [0.2, 0.25) is 0 Å². The molecule has 0 N–H and O–H groups in total. The maximum absolute atomic E-state index is 12.1. The van der Waals surface area contributed by atoms with Crippen LogP contribution in [-0.4, -0.2) is 31.9 Å². The van der Waals surface area contributed by atoms with E-state index in [0.29, 0.717) is 31.6 Å². The zero-order chi connectivity index (χ0) is 13.7. The predicted octanol–water partition coefficient (Wildman–Crippen LogP) is 2.59. The summed E-state index contributed by atoms with van der Waals surface area (Å²) in [7, 11) is 1.60. The SMILES string of the molecule is C=CC1(CCC(=O)c2ccc(OC)cc2)OCCO1. The van der Waals surface area contributed by atoms with Gasteiger partial charge in [-0.1, -0.05) is 6.58 Å². The number of Topliss-reactive ketones (excluding diaryl/α,β-unsaturated/α-hetero) is 1. The van der Waals surface area contributed by atoms with E-state index in [0.717, 1.165) is 5.75 Å². The number of ketones is 1. The largest absolute Gasteiger partial charge is 0.497 e. The van der Waals surface area contributed by atoms with Crippen molar-refractivity contribution in [2.24, 2.45) is 0 Å². The fourth-order valence-corrected chi connectivity index (χ4v) is 2.04. The molecular formula is C15H18O4. The molecule has 0 spiro atoms. The summed E-state index contributed by atoms with van der Waals surface area (Å²) in [6.45, 7) is 4.80. The van der Waals surface area contributed by atoms with E-state index in [1.54, 1.807) is 37.5 Å². The molecule has 102 valence electrons. The third-order valence-electron chi connectivity index (χ3n) is 3.20. The molecule has 1 aliphatic rings. The molecule has 0 unspecified atom stereocenters. The molecule has 1 aliphatic heterocycles. The maximum Gasteiger partial charge on any atom is 0.188 e. The van der Waals surface area contributed by atoms with Gasteiger partial charge in [0.1, 0.15) is 5.75 Å². The lowest BCUT2D eigenvalue weighted by Crippen LogP contribution is -2.27. The lowest BCUT2D eigenvalue weighted by molar-refractivity contribution is -0.120. The third kappa shape index (κ3) is 3.22. The number of carbonyl (C=O) groups excluding carboxylic acids is 1. The highest BCUT2D eigenvalue weighted by molar-refractivity contribution is 5.96. The molecular weight excluding hydrogens is 244 g/mol. The topological polar surface area (TPSA) is 44.8 Å². The van der Waals surface area contributed by atoms with Gasteiger partial charge in [0.15, 0.2) is 11.6 Å². The van der Waals surface area contributed by atoms with Crippen LogP contribution in [0.2, 0.25) is 0 Å². The Labute approximate surface area is 113 Å². The van der Waals surface area contributed by atoms with Gasteiger partial charge in [-0.25, -0.2) is 0 Å². The van der Waals surface area contributed by atoms with Crippen molar-refractivity contribution in [3.05, 3.63) is 42.5 Å². The van der Waals surface area contributed by atoms with E-state index >= 15 is 0 Å². The Morgan fingerprint density at radius 2 is 2.00 bits per heavy atom. The Morgan fingerprint density at radius 1 is 1.37 bits per heavy atom. The number of hydrogen-bond donors (Lipinski definition) is 0. The van der Waals surface area contributed by atoms with E-state index in [2.05, 4.69) is 6.58 Å². The fraction of sp³-hybridized carbons (Fsp3) is 0.400. The van der Waals surface area contributed by atoms with Crippen molar-refractivity contribution in [3.8, 4) is 5.75 Å². The van der Waals surface area contributed by atoms with Crippen LogP contribution in [0.15, 0.2) is 36.9 Å². The standard InChI is InChI=1S/C15H18O4/c1-3-15(18-10-11-19-15)9-8-14(16)12-4-6-13(17-2)7-5-12/h3-7H,1,8-11H2,2H3. The van der Waals surface area contributed by atoms with Crippen LogP contribution in [0.3, 0.4) is 0 Å². The zero-order valence-electron chi connectivity index (χ0n) is 11.1. The minimum atomic E-state index is -0.790. The number of hydrogen-bond acceptors (Lipinski definition) is 4. The molecule has 1 aromatic rings. The van der Waals surface area contributed by atoms with Crippen LogP contribution in [0.5, 0.6) is 5.75 Å². The van der Waals surface area contributed by atoms with Gasteiger partial charge >= 0.3 is 0 Å². The molecule has 1 fully saturated rings. The summed E-state index contributed by atoms with van der Waals surface area (Å²) in [6, 6.07) is 7.08. The first-order valence-corrected chi connectivity index (χ1v) is 6.28. The van der Waals surface area contributed by atoms with Crippen LogP contribution in [0.25, 0.3) is 0 Å². The van der Waals surface area contributed by atoms with Crippen molar-refractivity contribution in [1.29, 1.82) is 0 Å². The first kappa shape index (κ1) is 13.8. The van der Waals surface area contributed by atoms with E-state index in [1.807, 2.05) is 0 Å². The average molecular weight is 262 g/mol. The van der Waals surface area contributed by atoms with E-state index in [9.17, 15) is 4.79 Å². The van der Waals surface area contributed by atoms with Crippen molar-refractivity contribution < 1.29 is 19.0 Å². The number of rotatable bonds is 6. The molecule has 0 aromatic heterocycles. The smallest absolute Gasteiger partial charge is 0.188 e. The molecule has 4 heteroatoms. The average Bonchev–Trinajstić information content (AvgIpc) is 2.94. The molecule has 1 aromatic carbocycles. The second kappa shape index (κ2) is 5.99. The second-order valence-corrected chi connectivity index (χ2v) is 4.36. The summed E-state index contributed by atoms with van der Waals surface area (Å²) in [4.78, 5) is 12.1. The number of benzene rings is 1. The lowest BCUT2D eigenvalue weighted by atomic mass is 10.0. The van der Waals surface area contributed by atoms with E-state index in [4.69, 9.17) is 14.2 Å². The lowest BCUT2D eigenvalue weighted by Gasteiger charge is -2.22. The van der Waals surface area contributed by atoms with Gasteiger partial charge < -0.3 is 14.2 Å². The summed E-state index contributed by atoms with van der Waals surface area (Å²) < 4.78 is 16.1. The second-order valence-electron chi connectivity index (χ2n) is 4.36. The molecule has 19 heavy (non-hydrogen) atoms. The Bertz CT molecular complexity index is 444. The molecule has 0 radical (unpaired) electrons. The van der Waals surface area contributed by atoms with Crippen molar-refractivity contribution >= 4 is 5.78 Å². The van der Waals surface area contributed by atoms with Crippen LogP contribution < -0.4 is 4.74 Å². The summed E-state index contributed by atoms with van der Waals surface area (Å²) in [6.07, 6.45) is 2.47. The fourth-order valence-electron chi connectivity index (χ4n) is 2.04. The number of ether oxygens (including phenoxy) is 3. The summed E-state index contributed by atoms with van der Waals surface area (Å²) in [5, 5.41) is 0. The van der Waals surface area contributed by atoms with Gasteiger partial charge in [-0.2, -0.15) is 0 Å². The van der Waals surface area contributed by atoms with Gasteiger partial charge in [-0.15, -0.1) is 0 Å². The minimum Gasteiger partial charge on any atom is -0.497 e. The first-order chi connectivity index (χ1) is 9.19. The summed E-state index contributed by atoms with van der Waals surface area (Å²) in [5.74, 6) is 0.00633. The molecule has 4 nitrogen and oxygen atoms in total. The molecule has 0 saturated carbocycles. The molecule has 1 saturated heterocycles. The minimum absolute atomic E-state index is 0.0583. The van der Waals surface area contributed by atoms with Gasteiger partial charge in [0.05, 0.1) is 20.3 Å². The number of carbonyl (C=O) groups is 1. The van der Waals surface area contributed by atoms with Crippen LogP contribution in [-0.2, 0) is 9.47 Å². The Hall–Kier alpha value is -1.65. The normalized spacial score (nSPS) is 17.1. The van der Waals surface area contributed by atoms with Crippen LogP contribution in [0, 0.1) is 0 Å². The highest BCUT2D eigenvalue weighted by Gasteiger charge is 2.33. The molecule has 1 heterocycles. The summed E-state index contributed by atoms with van der Waals surface area (Å²) in [5.41, 5.74) is 0.665. The van der Waals surface area contributed by atoms with Crippen molar-refractivity contribution in [1.82, 2.24) is 0 Å². The molecule has 2 rings (SSSR count). The van der Waals surface area contributed by atoms with E-state index < -0.39 is 5.79 Å². The number of methoxy groups -OCH3 is 1. The van der Waals surface area contributed by atoms with Crippen molar-refractivity contribution in [2.45, 2.75) is 18.6 Å². The molecule has 0 bridgehead atoms. The monoisotopic (exact) mass is 262 g/mol. The van der Waals surface area contributed by atoms with E-state index in [-0.39, 0.29) is 5.78 Å². The maximum atomic E-state index is 12.1. The van der Waals surface area contributed by atoms with Gasteiger partial charge in [-0.05, 0) is 30.3 Å². The van der Waals surface area contributed by atoms with Gasteiger partial charge in [0, 0.05) is 18.4 Å². The van der Waals surface area contributed by atoms with Crippen LogP contribution >= 0.6 is 0 Å². The Balaban J connectivity index is 1.94. The Kier molecular flexibility index (Phi) is 4.35. The molecule has 0 amide bonds. The van der Waals surface area contributed by atoms with Gasteiger partial charge in [-0.3, -0.25) is 4.79 Å². The highest BCUT2D eigenvalue weighted by atomic mass is 16.7. The van der Waals surface area contributed by atoms with Crippen LogP contribution in [0.1, 0.15) is 23.2 Å².